The molecule has 2 aliphatic heterocycles. The minimum absolute atomic E-state index is 0.0635. The molecule has 31 heavy (non-hydrogen) atoms. The maximum absolute atomic E-state index is 12.2. The van der Waals surface area contributed by atoms with E-state index >= 15 is 0 Å². The van der Waals surface area contributed by atoms with Crippen LogP contribution in [0.25, 0.3) is 0 Å². The minimum Gasteiger partial charge on any atom is -0.353 e. The molecule has 0 radical (unpaired) electrons. The summed E-state index contributed by atoms with van der Waals surface area (Å²) in [6.07, 6.45) is 7.68. The fourth-order valence-corrected chi connectivity index (χ4v) is 5.36. The molecule has 0 aromatic heterocycles. The van der Waals surface area contributed by atoms with Gasteiger partial charge in [0.25, 0.3) is 0 Å². The summed E-state index contributed by atoms with van der Waals surface area (Å²) in [4.78, 5) is 23.6. The summed E-state index contributed by atoms with van der Waals surface area (Å²) in [5, 5.41) is 3.76. The highest BCUT2D eigenvalue weighted by atomic mass is 16.2. The van der Waals surface area contributed by atoms with Crippen LogP contribution < -0.4 is 5.32 Å². The van der Waals surface area contributed by atoms with Gasteiger partial charge in [-0.05, 0) is 43.1 Å². The normalized spacial score (nSPS) is 25.4. The predicted octanol–water partition coefficient (Wildman–Crippen LogP) is 2.81. The van der Waals surface area contributed by atoms with E-state index in [9.17, 15) is 4.79 Å². The lowest BCUT2D eigenvalue weighted by atomic mass is 9.82. The molecule has 3 fully saturated rings. The highest BCUT2D eigenvalue weighted by Gasteiger charge is 2.36. The number of amides is 1. The fourth-order valence-electron chi connectivity index (χ4n) is 5.36. The molecule has 4 rings (SSSR count). The summed E-state index contributed by atoms with van der Waals surface area (Å²) >= 11 is 0. The third-order valence-electron chi connectivity index (χ3n) is 7.31. The summed E-state index contributed by atoms with van der Waals surface area (Å²) in [6, 6.07) is 11.2. The zero-order valence-corrected chi connectivity index (χ0v) is 19.3. The molecule has 2 saturated heterocycles. The molecule has 0 bridgehead atoms. The summed E-state index contributed by atoms with van der Waals surface area (Å²) in [6.45, 7) is 5.65. The van der Waals surface area contributed by atoms with E-state index in [4.69, 9.17) is 4.99 Å². The van der Waals surface area contributed by atoms with Crippen LogP contribution in [0.1, 0.15) is 44.1 Å². The lowest BCUT2D eigenvalue weighted by molar-refractivity contribution is -0.127. The van der Waals surface area contributed by atoms with Crippen molar-refractivity contribution in [2.45, 2.75) is 51.1 Å². The maximum Gasteiger partial charge on any atom is 0.243 e. The van der Waals surface area contributed by atoms with E-state index in [1.807, 2.05) is 0 Å². The predicted molar refractivity (Wildman–Crippen MR) is 126 cm³/mol. The van der Waals surface area contributed by atoms with Gasteiger partial charge in [-0.15, -0.1) is 0 Å². The number of rotatable bonds is 5. The zero-order valence-electron chi connectivity index (χ0n) is 19.3. The molecule has 2 heterocycles. The van der Waals surface area contributed by atoms with Gasteiger partial charge in [0.15, 0.2) is 5.96 Å². The van der Waals surface area contributed by atoms with E-state index in [0.29, 0.717) is 6.04 Å². The Hall–Kier alpha value is -2.08. The van der Waals surface area contributed by atoms with Crippen molar-refractivity contribution in [3.8, 4) is 0 Å². The third kappa shape index (κ3) is 6.00. The molecule has 1 N–H and O–H groups in total. The molecule has 2 unspecified atom stereocenters. The first-order chi connectivity index (χ1) is 15.1. The topological polar surface area (TPSA) is 51.2 Å². The number of likely N-dealkylation sites (N-methyl/N-ethyl adjacent to an activating group) is 1. The second-order valence-electron chi connectivity index (χ2n) is 9.82. The van der Waals surface area contributed by atoms with Crippen LogP contribution in [0.5, 0.6) is 0 Å². The lowest BCUT2D eigenvalue weighted by Gasteiger charge is -2.34. The van der Waals surface area contributed by atoms with Crippen LogP contribution in [0, 0.1) is 11.8 Å². The van der Waals surface area contributed by atoms with Gasteiger partial charge in [0.1, 0.15) is 6.54 Å². The Bertz CT molecular complexity index is 728. The van der Waals surface area contributed by atoms with Crippen molar-refractivity contribution in [3.63, 3.8) is 0 Å². The standard InChI is InChI=1S/C25H39N5O/c1-28(2)24(31)16-26-25(30-18-21-10-6-7-11-22(21)19-30)27-23-12-14-29(15-13-23)17-20-8-4-3-5-9-20/h3-5,8-9,21-23H,6-7,10-19H2,1-2H3,(H,26,27). The molecule has 3 aliphatic rings. The van der Waals surface area contributed by atoms with E-state index < -0.39 is 0 Å². The van der Waals surface area contributed by atoms with E-state index in [2.05, 4.69) is 45.4 Å². The average molecular weight is 426 g/mol. The van der Waals surface area contributed by atoms with E-state index in [0.717, 1.165) is 63.4 Å². The van der Waals surface area contributed by atoms with Gasteiger partial charge in [0.05, 0.1) is 0 Å². The number of carbonyl (C=O) groups is 1. The summed E-state index contributed by atoms with van der Waals surface area (Å²) in [5.41, 5.74) is 1.39. The number of piperidine rings is 1. The smallest absolute Gasteiger partial charge is 0.243 e. The summed E-state index contributed by atoms with van der Waals surface area (Å²) in [5.74, 6) is 2.63. The molecule has 170 valence electrons. The van der Waals surface area contributed by atoms with Crippen LogP contribution in [-0.2, 0) is 11.3 Å². The van der Waals surface area contributed by atoms with Crippen LogP contribution in [0.15, 0.2) is 35.3 Å². The van der Waals surface area contributed by atoms with E-state index in [1.165, 1.54) is 31.2 Å². The monoisotopic (exact) mass is 425 g/mol. The Morgan fingerprint density at radius 3 is 2.29 bits per heavy atom. The van der Waals surface area contributed by atoms with Crippen molar-refractivity contribution in [2.24, 2.45) is 16.8 Å². The second kappa shape index (κ2) is 10.5. The first-order valence-electron chi connectivity index (χ1n) is 12.1. The number of fused-ring (bicyclic) bond motifs is 1. The lowest BCUT2D eigenvalue weighted by Crippen LogP contribution is -2.49. The van der Waals surface area contributed by atoms with Gasteiger partial charge >= 0.3 is 0 Å². The summed E-state index contributed by atoms with van der Waals surface area (Å²) in [7, 11) is 3.61. The highest BCUT2D eigenvalue weighted by Crippen LogP contribution is 2.36. The molecule has 0 spiro atoms. The van der Waals surface area contributed by atoms with Crippen molar-refractivity contribution < 1.29 is 4.79 Å². The van der Waals surface area contributed by atoms with Crippen molar-refractivity contribution in [2.75, 3.05) is 46.8 Å². The maximum atomic E-state index is 12.2. The molecule has 1 aromatic carbocycles. The van der Waals surface area contributed by atoms with Crippen LogP contribution in [-0.4, -0.2) is 79.4 Å². The van der Waals surface area contributed by atoms with Gasteiger partial charge in [0, 0.05) is 52.9 Å². The molecule has 6 nitrogen and oxygen atoms in total. The van der Waals surface area contributed by atoms with Crippen LogP contribution in [0.4, 0.5) is 0 Å². The van der Waals surface area contributed by atoms with Crippen LogP contribution >= 0.6 is 0 Å². The third-order valence-corrected chi connectivity index (χ3v) is 7.31. The SMILES string of the molecule is CN(C)C(=O)CN=C(NC1CCN(Cc2ccccc2)CC1)N1CC2CCCCC2C1. The molecule has 2 atom stereocenters. The average Bonchev–Trinajstić information content (AvgIpc) is 3.22. The fraction of sp³-hybridized carbons (Fsp3) is 0.680. The molecule has 6 heteroatoms. The number of nitrogens with one attached hydrogen (secondary N) is 1. The van der Waals surface area contributed by atoms with Gasteiger partial charge in [-0.1, -0.05) is 43.2 Å². The van der Waals surface area contributed by atoms with Crippen molar-refractivity contribution >= 4 is 11.9 Å². The number of hydrogen-bond donors (Lipinski definition) is 1. The van der Waals surface area contributed by atoms with Gasteiger partial charge in [-0.2, -0.15) is 0 Å². The Morgan fingerprint density at radius 1 is 1.03 bits per heavy atom. The van der Waals surface area contributed by atoms with E-state index in [-0.39, 0.29) is 12.5 Å². The van der Waals surface area contributed by atoms with Crippen LogP contribution in [0.2, 0.25) is 0 Å². The Kier molecular flexibility index (Phi) is 7.49. The van der Waals surface area contributed by atoms with E-state index in [1.54, 1.807) is 19.0 Å². The number of nitrogens with zero attached hydrogens (tertiary/aromatic N) is 4. The first kappa shape index (κ1) is 22.1. The number of aliphatic imine (C=N–C) groups is 1. The number of benzene rings is 1. The first-order valence-corrected chi connectivity index (χ1v) is 12.1. The van der Waals surface area contributed by atoms with Gasteiger partial charge in [-0.3, -0.25) is 9.69 Å². The van der Waals surface area contributed by atoms with Gasteiger partial charge < -0.3 is 15.1 Å². The summed E-state index contributed by atoms with van der Waals surface area (Å²) < 4.78 is 0. The molecule has 1 amide bonds. The quantitative estimate of drug-likeness (QED) is 0.582. The molecule has 1 aromatic rings. The zero-order chi connectivity index (χ0) is 21.6. The highest BCUT2D eigenvalue weighted by molar-refractivity contribution is 5.85. The van der Waals surface area contributed by atoms with Crippen LogP contribution in [0.3, 0.4) is 0 Å². The van der Waals surface area contributed by atoms with Gasteiger partial charge in [0.2, 0.25) is 5.91 Å². The molecule has 1 saturated carbocycles. The number of carbonyl (C=O) groups excluding carboxylic acids is 1. The number of hydrogen-bond acceptors (Lipinski definition) is 3. The van der Waals surface area contributed by atoms with Crippen molar-refractivity contribution in [3.05, 3.63) is 35.9 Å². The molecular formula is C25H39N5O. The van der Waals surface area contributed by atoms with Gasteiger partial charge in [-0.25, -0.2) is 4.99 Å². The second-order valence-corrected chi connectivity index (χ2v) is 9.82. The number of likely N-dealkylation sites (tertiary alicyclic amines) is 2. The molecule has 1 aliphatic carbocycles. The largest absolute Gasteiger partial charge is 0.353 e. The Balaban J connectivity index is 1.35. The Morgan fingerprint density at radius 2 is 1.68 bits per heavy atom. The Labute approximate surface area is 187 Å². The number of guanidine groups is 1. The van der Waals surface area contributed by atoms with Crippen molar-refractivity contribution in [1.82, 2.24) is 20.0 Å². The minimum atomic E-state index is 0.0635. The molecular weight excluding hydrogens is 386 g/mol. The van der Waals surface area contributed by atoms with Crippen molar-refractivity contribution in [1.29, 1.82) is 0 Å².